The van der Waals surface area contributed by atoms with Crippen LogP contribution in [0.1, 0.15) is 12.8 Å². The Kier molecular flexibility index (Phi) is 2.76. The highest BCUT2D eigenvalue weighted by Gasteiger charge is 2.34. The summed E-state index contributed by atoms with van der Waals surface area (Å²) in [6.45, 7) is 0.366. The highest BCUT2D eigenvalue weighted by molar-refractivity contribution is 6.28. The van der Waals surface area contributed by atoms with Crippen molar-refractivity contribution in [2.75, 3.05) is 6.54 Å². The van der Waals surface area contributed by atoms with Gasteiger partial charge in [-0.15, -0.1) is 0 Å². The molecule has 1 rings (SSSR count). The van der Waals surface area contributed by atoms with Gasteiger partial charge < -0.3 is 10.6 Å². The largest absolute Gasteiger partial charge is 0.465 e. The molecule has 0 aromatic heterocycles. The van der Waals surface area contributed by atoms with E-state index in [2.05, 4.69) is 4.79 Å². The van der Waals surface area contributed by atoms with Crippen molar-refractivity contribution in [2.45, 2.75) is 18.9 Å². The third-order valence-corrected chi connectivity index (χ3v) is 2.01. The van der Waals surface area contributed by atoms with Crippen LogP contribution >= 0.6 is 0 Å². The van der Waals surface area contributed by atoms with Crippen LogP contribution in [0.4, 0.5) is 4.79 Å². The van der Waals surface area contributed by atoms with Gasteiger partial charge >= 0.3 is 12.3 Å². The lowest BCUT2D eigenvalue weighted by atomic mass is 10.1. The van der Waals surface area contributed by atoms with Gasteiger partial charge in [-0.2, -0.15) is 4.79 Å². The van der Waals surface area contributed by atoms with Crippen LogP contribution in [-0.4, -0.2) is 45.5 Å². The zero-order valence-electron chi connectivity index (χ0n) is 6.88. The van der Waals surface area contributed by atoms with Gasteiger partial charge in [-0.3, -0.25) is 9.69 Å². The number of carbonyl (C=O) groups excluding carboxylic acids is 1. The van der Waals surface area contributed by atoms with Crippen LogP contribution in [0.2, 0.25) is 0 Å². The molecule has 1 amide bonds. The van der Waals surface area contributed by atoms with Crippen LogP contribution in [0.3, 0.4) is 0 Å². The maximum atomic E-state index is 11.1. The Morgan fingerprint density at radius 3 is 2.85 bits per heavy atom. The first-order valence-electron chi connectivity index (χ1n) is 3.87. The van der Waals surface area contributed by atoms with Crippen LogP contribution in [0, 0.1) is 0 Å². The number of carbonyl (C=O) groups is 2. The van der Waals surface area contributed by atoms with E-state index in [0.717, 1.165) is 11.1 Å². The van der Waals surface area contributed by atoms with Gasteiger partial charge in [0.2, 0.25) is 0 Å². The van der Waals surface area contributed by atoms with Gasteiger partial charge in [0.15, 0.2) is 0 Å². The molecule has 0 bridgehead atoms. The zero-order chi connectivity index (χ0) is 9.84. The fourth-order valence-corrected chi connectivity index (χ4v) is 1.43. The van der Waals surface area contributed by atoms with Gasteiger partial charge in [0.05, 0.1) is 0 Å². The summed E-state index contributed by atoms with van der Waals surface area (Å²) in [6.07, 6.45) is 0.799. The molecule has 1 saturated heterocycles. The molecule has 70 valence electrons. The monoisotopic (exact) mass is 183 g/mol. The van der Waals surface area contributed by atoms with Gasteiger partial charge in [0.25, 0.3) is 5.78 Å². The van der Waals surface area contributed by atoms with E-state index in [9.17, 15) is 9.59 Å². The number of hydrogen-bond donors (Lipinski definition) is 1. The predicted octanol–water partition coefficient (Wildman–Crippen LogP) is -0.00150. The quantitative estimate of drug-likeness (QED) is 0.371. The summed E-state index contributed by atoms with van der Waals surface area (Å²) in [6, 6.07) is -0.673. The van der Waals surface area contributed by atoms with Gasteiger partial charge in [-0.1, -0.05) is 0 Å². The molecular formula is C7H9N3O3. The van der Waals surface area contributed by atoms with E-state index in [1.165, 1.54) is 0 Å². The Labute approximate surface area is 74.4 Å². The van der Waals surface area contributed by atoms with Crippen molar-refractivity contribution < 1.29 is 19.5 Å². The normalized spacial score (nSPS) is 20.9. The number of carboxylic acid groups (broad SMARTS) is 1. The SMILES string of the molecule is [N-]=[N+]=CC(=O)C1CCCN1C(=O)O. The standard InChI is InChI=1S/C7H9N3O3/c8-9-4-6(11)5-2-1-3-10(5)7(12)13/h4-5H,1-3H2,(H,12,13). The van der Waals surface area contributed by atoms with E-state index < -0.39 is 17.9 Å². The molecule has 6 nitrogen and oxygen atoms in total. The zero-order valence-corrected chi connectivity index (χ0v) is 6.88. The molecule has 6 heteroatoms. The second kappa shape index (κ2) is 3.82. The first-order valence-corrected chi connectivity index (χ1v) is 3.87. The van der Waals surface area contributed by atoms with Crippen LogP contribution < -0.4 is 0 Å². The molecule has 0 aliphatic carbocycles. The van der Waals surface area contributed by atoms with Crippen LogP contribution in [0.5, 0.6) is 0 Å². The summed E-state index contributed by atoms with van der Waals surface area (Å²) in [4.78, 5) is 25.4. The molecule has 1 unspecified atom stereocenters. The first-order chi connectivity index (χ1) is 6.16. The maximum Gasteiger partial charge on any atom is 0.407 e. The number of nitrogens with zero attached hydrogens (tertiary/aromatic N) is 3. The minimum absolute atomic E-state index is 0.366. The molecule has 13 heavy (non-hydrogen) atoms. The second-order valence-electron chi connectivity index (χ2n) is 2.78. The summed E-state index contributed by atoms with van der Waals surface area (Å²) in [5, 5.41) is 8.67. The van der Waals surface area contributed by atoms with Gasteiger partial charge in [0.1, 0.15) is 6.04 Å². The lowest BCUT2D eigenvalue weighted by molar-refractivity contribution is -0.119. The number of rotatable bonds is 2. The molecule has 1 atom stereocenters. The first kappa shape index (κ1) is 9.41. The van der Waals surface area contributed by atoms with Crippen molar-refractivity contribution in [2.24, 2.45) is 0 Å². The second-order valence-corrected chi connectivity index (χ2v) is 2.78. The summed E-state index contributed by atoms with van der Waals surface area (Å²) < 4.78 is 0. The molecule has 0 spiro atoms. The average Bonchev–Trinajstić information content (AvgIpc) is 2.52. The average molecular weight is 183 g/mol. The van der Waals surface area contributed by atoms with Crippen molar-refractivity contribution in [1.29, 1.82) is 0 Å². The molecule has 0 aromatic carbocycles. The lowest BCUT2D eigenvalue weighted by Crippen LogP contribution is -2.40. The summed E-state index contributed by atoms with van der Waals surface area (Å²) in [5.74, 6) is -0.470. The highest BCUT2D eigenvalue weighted by atomic mass is 16.4. The Hall–Kier alpha value is -1.68. The maximum absolute atomic E-state index is 11.1. The van der Waals surface area contributed by atoms with E-state index in [0.29, 0.717) is 19.4 Å². The number of hydrogen-bond acceptors (Lipinski definition) is 2. The molecule has 0 aromatic rings. The van der Waals surface area contributed by atoms with E-state index >= 15 is 0 Å². The van der Waals surface area contributed by atoms with Gasteiger partial charge in [0, 0.05) is 6.54 Å². The Morgan fingerprint density at radius 2 is 2.31 bits per heavy atom. The number of likely N-dealkylation sites (tertiary alicyclic amines) is 1. The summed E-state index contributed by atoms with van der Waals surface area (Å²) in [5.41, 5.74) is 8.10. The third kappa shape index (κ3) is 1.91. The van der Waals surface area contributed by atoms with E-state index in [-0.39, 0.29) is 0 Å². The summed E-state index contributed by atoms with van der Waals surface area (Å²) in [7, 11) is 0. The van der Waals surface area contributed by atoms with Crippen molar-refractivity contribution in [3.8, 4) is 0 Å². The highest BCUT2D eigenvalue weighted by Crippen LogP contribution is 2.17. The van der Waals surface area contributed by atoms with Crippen molar-refractivity contribution >= 4 is 18.1 Å². The number of ketones is 1. The molecule has 0 saturated carbocycles. The molecule has 1 aliphatic rings. The van der Waals surface area contributed by atoms with Gasteiger partial charge in [-0.25, -0.2) is 4.79 Å². The van der Waals surface area contributed by atoms with E-state index in [1.54, 1.807) is 0 Å². The smallest absolute Gasteiger partial charge is 0.407 e. The molecule has 1 fully saturated rings. The van der Waals surface area contributed by atoms with E-state index in [1.807, 2.05) is 0 Å². The van der Waals surface area contributed by atoms with Crippen LogP contribution in [0.25, 0.3) is 5.53 Å². The minimum atomic E-state index is -1.11. The molecule has 0 radical (unpaired) electrons. The summed E-state index contributed by atoms with van der Waals surface area (Å²) >= 11 is 0. The fraction of sp³-hybridized carbons (Fsp3) is 0.571. The van der Waals surface area contributed by atoms with Crippen molar-refractivity contribution in [1.82, 2.24) is 4.90 Å². The Bertz CT molecular complexity index is 283. The molecular weight excluding hydrogens is 174 g/mol. The predicted molar refractivity (Wildman–Crippen MR) is 42.4 cm³/mol. The fourth-order valence-electron chi connectivity index (χ4n) is 1.43. The molecule has 1 heterocycles. The topological polar surface area (TPSA) is 94.0 Å². The minimum Gasteiger partial charge on any atom is -0.465 e. The lowest BCUT2D eigenvalue weighted by Gasteiger charge is -2.16. The van der Waals surface area contributed by atoms with Crippen molar-refractivity contribution in [3.05, 3.63) is 5.53 Å². The Morgan fingerprint density at radius 1 is 1.62 bits per heavy atom. The van der Waals surface area contributed by atoms with Crippen molar-refractivity contribution in [3.63, 3.8) is 0 Å². The third-order valence-electron chi connectivity index (χ3n) is 2.01. The van der Waals surface area contributed by atoms with Gasteiger partial charge in [-0.05, 0) is 12.8 Å². The Balaban J connectivity index is 2.73. The van der Waals surface area contributed by atoms with Crippen LogP contribution in [0.15, 0.2) is 0 Å². The number of Topliss-reactive ketones (excluding diaryl/α,β-unsaturated/α-hetero) is 1. The molecule has 1 N–H and O–H groups in total. The molecule has 1 aliphatic heterocycles. The number of amides is 1. The van der Waals surface area contributed by atoms with E-state index in [4.69, 9.17) is 10.6 Å². The van der Waals surface area contributed by atoms with Crippen LogP contribution in [-0.2, 0) is 4.79 Å².